The molecular formula is C29H33NO3. The predicted octanol–water partition coefficient (Wildman–Crippen LogP) is 5.32. The van der Waals surface area contributed by atoms with Crippen molar-refractivity contribution in [1.29, 1.82) is 0 Å². The van der Waals surface area contributed by atoms with E-state index in [-0.39, 0.29) is 5.97 Å². The number of hydrogen-bond donors (Lipinski definition) is 0. The summed E-state index contributed by atoms with van der Waals surface area (Å²) in [6.07, 6.45) is 3.14. The number of benzene rings is 3. The monoisotopic (exact) mass is 443 g/mol. The third kappa shape index (κ3) is 5.02. The summed E-state index contributed by atoms with van der Waals surface area (Å²) in [5, 5.41) is 0. The SMILES string of the molecule is COC(=O)c1ccc(CCN2CCC(C(OC)(c3ccccc3)c3ccccc3)CC2)cc1. The molecule has 4 heteroatoms. The maximum Gasteiger partial charge on any atom is 0.337 e. The minimum Gasteiger partial charge on any atom is -0.465 e. The Balaban J connectivity index is 1.43. The van der Waals surface area contributed by atoms with Gasteiger partial charge in [-0.1, -0.05) is 72.8 Å². The van der Waals surface area contributed by atoms with Gasteiger partial charge in [0.15, 0.2) is 0 Å². The predicted molar refractivity (Wildman–Crippen MR) is 131 cm³/mol. The van der Waals surface area contributed by atoms with Gasteiger partial charge in [0.05, 0.1) is 12.7 Å². The van der Waals surface area contributed by atoms with Crippen molar-refractivity contribution in [3.8, 4) is 0 Å². The van der Waals surface area contributed by atoms with Gasteiger partial charge in [-0.3, -0.25) is 0 Å². The number of esters is 1. The number of ether oxygens (including phenoxy) is 2. The molecule has 0 aliphatic carbocycles. The van der Waals surface area contributed by atoms with Crippen LogP contribution in [0, 0.1) is 5.92 Å². The van der Waals surface area contributed by atoms with Crippen LogP contribution < -0.4 is 0 Å². The average Bonchev–Trinajstić information content (AvgIpc) is 2.90. The highest BCUT2D eigenvalue weighted by atomic mass is 16.5. The third-order valence-corrected chi connectivity index (χ3v) is 6.98. The lowest BCUT2D eigenvalue weighted by atomic mass is 9.71. The van der Waals surface area contributed by atoms with Crippen molar-refractivity contribution in [1.82, 2.24) is 4.90 Å². The van der Waals surface area contributed by atoms with E-state index in [0.717, 1.165) is 38.9 Å². The molecule has 4 nitrogen and oxygen atoms in total. The normalized spacial score (nSPS) is 15.3. The van der Waals surface area contributed by atoms with Crippen LogP contribution in [0.15, 0.2) is 84.9 Å². The number of carbonyl (C=O) groups excluding carboxylic acids is 1. The standard InChI is InChI=1S/C29H33NO3/c1-32-28(31)24-15-13-23(14-16-24)17-20-30-21-18-27(19-22-30)29(33-2,25-9-5-3-6-10-25)26-11-7-4-8-12-26/h3-16,27H,17-22H2,1-2H3. The van der Waals surface area contributed by atoms with Gasteiger partial charge in [-0.05, 0) is 67.1 Å². The molecule has 0 unspecified atom stereocenters. The van der Waals surface area contributed by atoms with Crippen LogP contribution in [-0.2, 0) is 21.5 Å². The van der Waals surface area contributed by atoms with Crippen LogP contribution in [0.5, 0.6) is 0 Å². The van der Waals surface area contributed by atoms with Crippen LogP contribution >= 0.6 is 0 Å². The molecule has 0 aromatic heterocycles. The van der Waals surface area contributed by atoms with Crippen LogP contribution in [0.2, 0.25) is 0 Å². The Labute approximate surface area is 197 Å². The van der Waals surface area contributed by atoms with Crippen LogP contribution in [0.1, 0.15) is 39.9 Å². The van der Waals surface area contributed by atoms with Crippen LogP contribution in [0.4, 0.5) is 0 Å². The van der Waals surface area contributed by atoms with E-state index >= 15 is 0 Å². The quantitative estimate of drug-likeness (QED) is 0.442. The van der Waals surface area contributed by atoms with Gasteiger partial charge in [0.25, 0.3) is 0 Å². The fourth-order valence-corrected chi connectivity index (χ4v) is 5.19. The summed E-state index contributed by atoms with van der Waals surface area (Å²) in [5.41, 5.74) is 3.85. The van der Waals surface area contributed by atoms with E-state index in [1.165, 1.54) is 23.8 Å². The molecule has 0 bridgehead atoms. The first-order valence-electron chi connectivity index (χ1n) is 11.7. The highest BCUT2D eigenvalue weighted by Gasteiger charge is 2.43. The van der Waals surface area contributed by atoms with Crippen molar-refractivity contribution >= 4 is 5.97 Å². The lowest BCUT2D eigenvalue weighted by Gasteiger charge is -2.44. The van der Waals surface area contributed by atoms with Crippen molar-refractivity contribution in [2.45, 2.75) is 24.9 Å². The Kier molecular flexibility index (Phi) is 7.58. The Hall–Kier alpha value is -2.95. The number of nitrogens with zero attached hydrogens (tertiary/aromatic N) is 1. The van der Waals surface area contributed by atoms with Gasteiger partial charge < -0.3 is 14.4 Å². The van der Waals surface area contributed by atoms with Crippen molar-refractivity contribution < 1.29 is 14.3 Å². The molecule has 0 radical (unpaired) electrons. The Morgan fingerprint density at radius 2 is 1.39 bits per heavy atom. The minimum atomic E-state index is -0.432. The lowest BCUT2D eigenvalue weighted by molar-refractivity contribution is -0.0506. The molecule has 33 heavy (non-hydrogen) atoms. The van der Waals surface area contributed by atoms with Gasteiger partial charge in [0.2, 0.25) is 0 Å². The summed E-state index contributed by atoms with van der Waals surface area (Å²) in [6, 6.07) is 29.1. The minimum absolute atomic E-state index is 0.290. The second-order valence-corrected chi connectivity index (χ2v) is 8.73. The summed E-state index contributed by atoms with van der Waals surface area (Å²) in [5.74, 6) is 0.116. The summed E-state index contributed by atoms with van der Waals surface area (Å²) in [7, 11) is 3.26. The molecule has 1 saturated heterocycles. The zero-order chi connectivity index (χ0) is 23.1. The molecule has 3 aromatic carbocycles. The summed E-state index contributed by atoms with van der Waals surface area (Å²) < 4.78 is 11.2. The number of likely N-dealkylation sites (tertiary alicyclic amines) is 1. The summed E-state index contributed by atoms with van der Waals surface area (Å²) in [4.78, 5) is 14.2. The van der Waals surface area contributed by atoms with E-state index in [1.54, 1.807) is 0 Å². The van der Waals surface area contributed by atoms with E-state index in [4.69, 9.17) is 9.47 Å². The van der Waals surface area contributed by atoms with Gasteiger partial charge in [-0.2, -0.15) is 0 Å². The molecule has 172 valence electrons. The van der Waals surface area contributed by atoms with Crippen molar-refractivity contribution in [2.24, 2.45) is 5.92 Å². The number of piperidine rings is 1. The Morgan fingerprint density at radius 3 is 1.88 bits per heavy atom. The van der Waals surface area contributed by atoms with E-state index in [9.17, 15) is 4.79 Å². The van der Waals surface area contributed by atoms with Crippen molar-refractivity contribution in [3.05, 3.63) is 107 Å². The first kappa shape index (κ1) is 23.2. The molecule has 1 fully saturated rings. The van der Waals surface area contributed by atoms with E-state index in [1.807, 2.05) is 31.4 Å². The third-order valence-electron chi connectivity index (χ3n) is 6.98. The highest BCUT2D eigenvalue weighted by Crippen LogP contribution is 2.44. The van der Waals surface area contributed by atoms with Crippen molar-refractivity contribution in [3.63, 3.8) is 0 Å². The van der Waals surface area contributed by atoms with Gasteiger partial charge in [-0.15, -0.1) is 0 Å². The van der Waals surface area contributed by atoms with E-state index < -0.39 is 5.60 Å². The number of methoxy groups -OCH3 is 2. The van der Waals surface area contributed by atoms with Gasteiger partial charge in [-0.25, -0.2) is 4.79 Å². The van der Waals surface area contributed by atoms with E-state index in [2.05, 4.69) is 65.6 Å². The zero-order valence-electron chi connectivity index (χ0n) is 19.6. The van der Waals surface area contributed by atoms with Crippen LogP contribution in [-0.4, -0.2) is 44.7 Å². The molecule has 4 rings (SSSR count). The van der Waals surface area contributed by atoms with Gasteiger partial charge >= 0.3 is 5.97 Å². The molecule has 1 heterocycles. The fourth-order valence-electron chi connectivity index (χ4n) is 5.19. The molecule has 0 atom stereocenters. The number of rotatable bonds is 8. The lowest BCUT2D eigenvalue weighted by Crippen LogP contribution is -2.45. The second kappa shape index (κ2) is 10.8. The highest BCUT2D eigenvalue weighted by molar-refractivity contribution is 5.89. The first-order valence-corrected chi connectivity index (χ1v) is 11.7. The maximum absolute atomic E-state index is 11.6. The van der Waals surface area contributed by atoms with Crippen LogP contribution in [0.3, 0.4) is 0 Å². The Bertz CT molecular complexity index is 970. The van der Waals surface area contributed by atoms with Gasteiger partial charge in [0, 0.05) is 13.7 Å². The second-order valence-electron chi connectivity index (χ2n) is 8.73. The molecule has 0 amide bonds. The smallest absolute Gasteiger partial charge is 0.337 e. The molecule has 1 aliphatic rings. The summed E-state index contributed by atoms with van der Waals surface area (Å²) in [6.45, 7) is 3.12. The Morgan fingerprint density at radius 1 is 0.848 bits per heavy atom. The average molecular weight is 444 g/mol. The number of hydrogen-bond acceptors (Lipinski definition) is 4. The zero-order valence-corrected chi connectivity index (χ0v) is 19.6. The fraction of sp³-hybridized carbons (Fsp3) is 0.345. The molecule has 1 aliphatic heterocycles. The topological polar surface area (TPSA) is 38.8 Å². The van der Waals surface area contributed by atoms with Crippen LogP contribution in [0.25, 0.3) is 0 Å². The molecule has 0 spiro atoms. The van der Waals surface area contributed by atoms with E-state index in [0.29, 0.717) is 11.5 Å². The molecule has 3 aromatic rings. The molecular weight excluding hydrogens is 410 g/mol. The van der Waals surface area contributed by atoms with Gasteiger partial charge in [0.1, 0.15) is 5.60 Å². The first-order chi connectivity index (χ1) is 16.2. The molecule has 0 saturated carbocycles. The number of carbonyl (C=O) groups is 1. The summed E-state index contributed by atoms with van der Waals surface area (Å²) >= 11 is 0. The van der Waals surface area contributed by atoms with Crippen molar-refractivity contribution in [2.75, 3.05) is 33.9 Å². The largest absolute Gasteiger partial charge is 0.465 e. The molecule has 0 N–H and O–H groups in total. The maximum atomic E-state index is 11.6.